The van der Waals surface area contributed by atoms with Gasteiger partial charge in [0.2, 0.25) is 5.88 Å². The largest absolute Gasteiger partial charge is 0.492 e. The molecular weight excluding hydrogens is 588 g/mol. The molecule has 236 valence electrons. The molecule has 0 saturated heterocycles. The molecule has 0 radical (unpaired) electrons. The van der Waals surface area contributed by atoms with E-state index in [1.807, 2.05) is 39.0 Å². The number of rotatable bonds is 10. The van der Waals surface area contributed by atoms with E-state index < -0.39 is 5.41 Å². The van der Waals surface area contributed by atoms with Gasteiger partial charge in [0.25, 0.3) is 5.91 Å². The number of hydrogen-bond acceptors (Lipinski definition) is 7. The SMILES string of the molecule is [C-]#[N+]c1ccc(N=Nc2ccc(N=Nc3c(C(C)(C)C)nn(-c4ccc(CCCC)cc4)c3O)cc2NC(=O)c2ccccc2)cc1. The molecule has 5 rings (SSSR count). The summed E-state index contributed by atoms with van der Waals surface area (Å²) in [7, 11) is 0. The van der Waals surface area contributed by atoms with Gasteiger partial charge in [-0.1, -0.05) is 76.6 Å². The number of anilines is 1. The number of aryl methyl sites for hydroxylation is 1. The Hall–Kier alpha value is -5.95. The monoisotopic (exact) mass is 624 g/mol. The highest BCUT2D eigenvalue weighted by atomic mass is 16.3. The average molecular weight is 625 g/mol. The zero-order valence-electron chi connectivity index (χ0n) is 26.8. The van der Waals surface area contributed by atoms with Gasteiger partial charge in [-0.2, -0.15) is 20.0 Å². The molecular formula is C37H36N8O2. The number of benzene rings is 4. The molecule has 0 bridgehead atoms. The molecule has 0 aliphatic carbocycles. The van der Waals surface area contributed by atoms with Gasteiger partial charge in [0, 0.05) is 11.0 Å². The van der Waals surface area contributed by atoms with Crippen LogP contribution in [0.15, 0.2) is 118 Å². The number of aromatic nitrogens is 2. The third-order valence-electron chi connectivity index (χ3n) is 7.33. The van der Waals surface area contributed by atoms with Crippen molar-refractivity contribution in [2.45, 2.75) is 52.4 Å². The summed E-state index contributed by atoms with van der Waals surface area (Å²) in [6, 6.07) is 28.6. The number of unbranched alkanes of at least 4 members (excludes halogenated alkanes) is 1. The maximum absolute atomic E-state index is 13.1. The molecule has 10 nitrogen and oxygen atoms in total. The quantitative estimate of drug-likeness (QED) is 0.119. The standard InChI is InChI=1S/C37H36N8O2/c1-6-7-11-25-14-21-30(22-15-25)45-36(47)33(34(44-45)37(2,3)4)43-41-29-20-23-31(42-40-28-18-16-27(38-5)17-19-28)32(24-29)39-35(46)26-12-9-8-10-13-26/h8-10,12-24,47H,6-7,11H2,1-4H3,(H,39,46). The van der Waals surface area contributed by atoms with Crippen LogP contribution in [0.5, 0.6) is 5.88 Å². The molecule has 0 spiro atoms. The van der Waals surface area contributed by atoms with Crippen LogP contribution in [0.2, 0.25) is 0 Å². The van der Waals surface area contributed by atoms with Crippen molar-refractivity contribution in [3.63, 3.8) is 0 Å². The summed E-state index contributed by atoms with van der Waals surface area (Å²) in [4.78, 5) is 16.5. The van der Waals surface area contributed by atoms with Crippen molar-refractivity contribution in [1.82, 2.24) is 9.78 Å². The van der Waals surface area contributed by atoms with Crippen LogP contribution in [-0.2, 0) is 11.8 Å². The minimum absolute atomic E-state index is 0.118. The number of azo groups is 2. The number of aromatic hydroxyl groups is 1. The lowest BCUT2D eigenvalue weighted by atomic mass is 9.91. The first-order valence-electron chi connectivity index (χ1n) is 15.4. The highest BCUT2D eigenvalue weighted by Gasteiger charge is 2.28. The number of carbonyl (C=O) groups excluding carboxylic acids is 1. The average Bonchev–Trinajstić information content (AvgIpc) is 3.43. The molecule has 5 aromatic rings. The number of nitrogens with zero attached hydrogens (tertiary/aromatic N) is 7. The molecule has 1 heterocycles. The van der Waals surface area contributed by atoms with Crippen LogP contribution < -0.4 is 5.32 Å². The summed E-state index contributed by atoms with van der Waals surface area (Å²) in [5, 5.41) is 36.5. The van der Waals surface area contributed by atoms with Gasteiger partial charge < -0.3 is 10.4 Å². The first kappa shape index (κ1) is 32.4. The van der Waals surface area contributed by atoms with E-state index in [4.69, 9.17) is 11.7 Å². The van der Waals surface area contributed by atoms with E-state index >= 15 is 0 Å². The van der Waals surface area contributed by atoms with Crippen LogP contribution >= 0.6 is 0 Å². The topological polar surface area (TPSA) is 121 Å². The van der Waals surface area contributed by atoms with Crippen LogP contribution in [-0.4, -0.2) is 20.8 Å². The normalized spacial score (nSPS) is 11.6. The first-order chi connectivity index (χ1) is 22.7. The maximum Gasteiger partial charge on any atom is 0.255 e. The molecule has 0 unspecified atom stereocenters. The second kappa shape index (κ2) is 14.4. The van der Waals surface area contributed by atoms with E-state index in [0.29, 0.717) is 39.7 Å². The van der Waals surface area contributed by atoms with Crippen molar-refractivity contribution in [3.05, 3.63) is 125 Å². The number of carbonyl (C=O) groups is 1. The molecule has 0 aliphatic heterocycles. The van der Waals surface area contributed by atoms with Crippen LogP contribution in [0.1, 0.15) is 62.2 Å². The number of amides is 1. The molecule has 0 saturated carbocycles. The zero-order valence-corrected chi connectivity index (χ0v) is 26.8. The third-order valence-corrected chi connectivity index (χ3v) is 7.33. The van der Waals surface area contributed by atoms with Gasteiger partial charge in [0.15, 0.2) is 11.4 Å². The Morgan fingerprint density at radius 3 is 2.23 bits per heavy atom. The lowest BCUT2D eigenvalue weighted by Gasteiger charge is -2.15. The van der Waals surface area contributed by atoms with Gasteiger partial charge in [-0.25, -0.2) is 4.85 Å². The zero-order chi connectivity index (χ0) is 33.4. The molecule has 47 heavy (non-hydrogen) atoms. The minimum atomic E-state index is -0.440. The van der Waals surface area contributed by atoms with E-state index in [1.54, 1.807) is 66.7 Å². The lowest BCUT2D eigenvalue weighted by Crippen LogP contribution is -2.13. The van der Waals surface area contributed by atoms with Gasteiger partial charge in [0.05, 0.1) is 35.0 Å². The summed E-state index contributed by atoms with van der Waals surface area (Å²) in [6.45, 7) is 15.3. The number of nitrogens with one attached hydrogen (secondary N) is 1. The van der Waals surface area contributed by atoms with E-state index in [1.165, 1.54) is 10.2 Å². The van der Waals surface area contributed by atoms with E-state index in [9.17, 15) is 9.90 Å². The van der Waals surface area contributed by atoms with Gasteiger partial charge in [-0.15, -0.1) is 10.2 Å². The maximum atomic E-state index is 13.1. The molecule has 1 amide bonds. The summed E-state index contributed by atoms with van der Waals surface area (Å²) < 4.78 is 1.48. The second-order valence-corrected chi connectivity index (χ2v) is 12.0. The Morgan fingerprint density at radius 1 is 0.894 bits per heavy atom. The summed E-state index contributed by atoms with van der Waals surface area (Å²) in [5.41, 5.74) is 5.07. The van der Waals surface area contributed by atoms with E-state index in [-0.39, 0.29) is 17.5 Å². The summed E-state index contributed by atoms with van der Waals surface area (Å²) in [6.07, 6.45) is 3.24. The van der Waals surface area contributed by atoms with Crippen molar-refractivity contribution in [1.29, 1.82) is 0 Å². The molecule has 0 aliphatic rings. The highest BCUT2D eigenvalue weighted by Crippen LogP contribution is 2.41. The summed E-state index contributed by atoms with van der Waals surface area (Å²) >= 11 is 0. The molecule has 4 aromatic carbocycles. The highest BCUT2D eigenvalue weighted by molar-refractivity contribution is 6.05. The Kier molecular flexibility index (Phi) is 9.96. The second-order valence-electron chi connectivity index (χ2n) is 12.0. The van der Waals surface area contributed by atoms with E-state index in [2.05, 4.69) is 49.7 Å². The Bertz CT molecular complexity index is 1950. The molecule has 1 aromatic heterocycles. The molecule has 2 N–H and O–H groups in total. The van der Waals surface area contributed by atoms with Crippen molar-refractivity contribution >= 4 is 40.0 Å². The smallest absolute Gasteiger partial charge is 0.255 e. The lowest BCUT2D eigenvalue weighted by molar-refractivity contribution is 0.102. The fourth-order valence-electron chi connectivity index (χ4n) is 4.73. The van der Waals surface area contributed by atoms with Crippen molar-refractivity contribution < 1.29 is 9.90 Å². The van der Waals surface area contributed by atoms with Gasteiger partial charge >= 0.3 is 0 Å². The van der Waals surface area contributed by atoms with Gasteiger partial charge in [0.1, 0.15) is 5.69 Å². The first-order valence-corrected chi connectivity index (χ1v) is 15.4. The van der Waals surface area contributed by atoms with Crippen molar-refractivity contribution in [2.24, 2.45) is 20.5 Å². The predicted molar refractivity (Wildman–Crippen MR) is 184 cm³/mol. The predicted octanol–water partition coefficient (Wildman–Crippen LogP) is 10.9. The fraction of sp³-hybridized carbons (Fsp3) is 0.216. The molecule has 0 atom stereocenters. The molecule has 0 fully saturated rings. The summed E-state index contributed by atoms with van der Waals surface area (Å²) in [5.74, 6) is -0.445. The number of hydrogen-bond donors (Lipinski definition) is 2. The Morgan fingerprint density at radius 2 is 1.57 bits per heavy atom. The molecule has 10 heteroatoms. The minimum Gasteiger partial charge on any atom is -0.492 e. The van der Waals surface area contributed by atoms with Crippen LogP contribution in [0.25, 0.3) is 10.5 Å². The Labute approximate surface area is 274 Å². The van der Waals surface area contributed by atoms with Crippen molar-refractivity contribution in [3.8, 4) is 11.6 Å². The van der Waals surface area contributed by atoms with Crippen LogP contribution in [0.3, 0.4) is 0 Å². The van der Waals surface area contributed by atoms with Crippen molar-refractivity contribution in [2.75, 3.05) is 5.32 Å². The van der Waals surface area contributed by atoms with Gasteiger partial charge in [-0.05, 0) is 73.0 Å². The van der Waals surface area contributed by atoms with E-state index in [0.717, 1.165) is 24.9 Å². The fourth-order valence-corrected chi connectivity index (χ4v) is 4.73. The van der Waals surface area contributed by atoms with Gasteiger partial charge in [-0.3, -0.25) is 4.79 Å². The third kappa shape index (κ3) is 8.02. The Balaban J connectivity index is 1.49. The van der Waals surface area contributed by atoms with Crippen LogP contribution in [0.4, 0.5) is 34.1 Å². The van der Waals surface area contributed by atoms with Crippen LogP contribution in [0, 0.1) is 6.57 Å².